The van der Waals surface area contributed by atoms with Crippen molar-refractivity contribution in [3.8, 4) is 17.2 Å². The van der Waals surface area contributed by atoms with Crippen LogP contribution in [0.3, 0.4) is 0 Å². The molecule has 1 aliphatic heterocycles. The topological polar surface area (TPSA) is 56.8 Å². The Bertz CT molecular complexity index is 800. The number of amides is 1. The molecule has 132 valence electrons. The molecule has 1 aliphatic rings. The minimum Gasteiger partial charge on any atom is -0.493 e. The average molecular weight is 370 g/mol. The third-order valence-corrected chi connectivity index (χ3v) is 3.87. The lowest BCUT2D eigenvalue weighted by atomic mass is 10.1. The zero-order valence-electron chi connectivity index (χ0n) is 13.1. The Labute approximate surface area is 147 Å². The minimum atomic E-state index is -3.00. The van der Waals surface area contributed by atoms with E-state index in [1.54, 1.807) is 18.2 Å². The first kappa shape index (κ1) is 17.3. The first-order valence-electron chi connectivity index (χ1n) is 7.35. The number of rotatable bonds is 5. The summed E-state index contributed by atoms with van der Waals surface area (Å²) in [7, 11) is 1.33. The molecule has 0 bridgehead atoms. The molecule has 2 aromatic rings. The largest absolute Gasteiger partial charge is 0.493 e. The van der Waals surface area contributed by atoms with Gasteiger partial charge in [0.05, 0.1) is 7.11 Å². The van der Waals surface area contributed by atoms with Gasteiger partial charge in [-0.15, -0.1) is 0 Å². The summed E-state index contributed by atoms with van der Waals surface area (Å²) in [5.74, 6) is 0.164. The predicted octanol–water partition coefficient (Wildman–Crippen LogP) is 3.89. The van der Waals surface area contributed by atoms with Gasteiger partial charge in [-0.3, -0.25) is 4.79 Å². The van der Waals surface area contributed by atoms with E-state index >= 15 is 0 Å². The lowest BCUT2D eigenvalue weighted by Crippen LogP contribution is -2.31. The minimum absolute atomic E-state index is 0.137. The number of hydrogen-bond acceptors (Lipinski definition) is 4. The van der Waals surface area contributed by atoms with Gasteiger partial charge in [-0.25, -0.2) is 0 Å². The van der Waals surface area contributed by atoms with Crippen LogP contribution >= 0.6 is 11.6 Å². The Kier molecular flexibility index (Phi) is 4.94. The van der Waals surface area contributed by atoms with Crippen molar-refractivity contribution >= 4 is 23.2 Å². The highest BCUT2D eigenvalue weighted by Crippen LogP contribution is 2.33. The van der Waals surface area contributed by atoms with Crippen molar-refractivity contribution in [2.24, 2.45) is 0 Å². The molecule has 0 unspecified atom stereocenters. The van der Waals surface area contributed by atoms with Gasteiger partial charge < -0.3 is 19.5 Å². The maximum absolute atomic E-state index is 12.5. The summed E-state index contributed by atoms with van der Waals surface area (Å²) < 4.78 is 39.9. The van der Waals surface area contributed by atoms with Gasteiger partial charge in [0.1, 0.15) is 5.75 Å². The maximum Gasteiger partial charge on any atom is 0.387 e. The van der Waals surface area contributed by atoms with Gasteiger partial charge in [0, 0.05) is 23.2 Å². The molecule has 0 aromatic heterocycles. The molecule has 0 fully saturated rings. The Balaban J connectivity index is 1.71. The molecule has 25 heavy (non-hydrogen) atoms. The molecule has 0 radical (unpaired) electrons. The summed E-state index contributed by atoms with van der Waals surface area (Å²) in [6.45, 7) is -3.00. The van der Waals surface area contributed by atoms with Crippen molar-refractivity contribution in [2.75, 3.05) is 12.4 Å². The Morgan fingerprint density at radius 3 is 2.80 bits per heavy atom. The van der Waals surface area contributed by atoms with Crippen LogP contribution in [0.2, 0.25) is 5.02 Å². The maximum atomic E-state index is 12.5. The first-order chi connectivity index (χ1) is 12.0. The zero-order chi connectivity index (χ0) is 18.0. The summed E-state index contributed by atoms with van der Waals surface area (Å²) in [4.78, 5) is 12.4. The molecule has 0 aliphatic carbocycles. The fourth-order valence-electron chi connectivity index (χ4n) is 2.53. The van der Waals surface area contributed by atoms with Gasteiger partial charge in [-0.05, 0) is 35.9 Å². The highest BCUT2D eigenvalue weighted by Gasteiger charge is 2.29. The summed E-state index contributed by atoms with van der Waals surface area (Å²) in [6, 6.07) is 9.34. The van der Waals surface area contributed by atoms with Crippen LogP contribution in [0.25, 0.3) is 0 Å². The first-order valence-corrected chi connectivity index (χ1v) is 7.73. The molecule has 0 saturated heterocycles. The number of benzene rings is 2. The summed E-state index contributed by atoms with van der Waals surface area (Å²) in [5.41, 5.74) is 1.13. The van der Waals surface area contributed by atoms with Crippen molar-refractivity contribution < 1.29 is 27.8 Å². The molecule has 3 rings (SSSR count). The SMILES string of the molecule is COc1ccc(NC(=O)[C@@H]2Cc3cc(Cl)ccc3O2)cc1OC(F)F. The Morgan fingerprint density at radius 2 is 2.08 bits per heavy atom. The van der Waals surface area contributed by atoms with Crippen LogP contribution in [0.5, 0.6) is 17.2 Å². The van der Waals surface area contributed by atoms with Gasteiger partial charge in [-0.1, -0.05) is 11.6 Å². The monoisotopic (exact) mass is 369 g/mol. The van der Waals surface area contributed by atoms with Crippen LogP contribution in [0, 0.1) is 0 Å². The lowest BCUT2D eigenvalue weighted by Gasteiger charge is -2.14. The fraction of sp³-hybridized carbons (Fsp3) is 0.235. The van der Waals surface area contributed by atoms with E-state index < -0.39 is 18.6 Å². The average Bonchev–Trinajstić information content (AvgIpc) is 2.98. The number of carbonyl (C=O) groups excluding carboxylic acids is 1. The molecular weight excluding hydrogens is 356 g/mol. The van der Waals surface area contributed by atoms with E-state index in [9.17, 15) is 13.6 Å². The molecule has 8 heteroatoms. The van der Waals surface area contributed by atoms with Gasteiger partial charge >= 0.3 is 6.61 Å². The van der Waals surface area contributed by atoms with Gasteiger partial charge in [-0.2, -0.15) is 8.78 Å². The number of anilines is 1. The van der Waals surface area contributed by atoms with E-state index in [4.69, 9.17) is 21.1 Å². The molecule has 5 nitrogen and oxygen atoms in total. The number of halogens is 3. The molecule has 1 amide bonds. The van der Waals surface area contributed by atoms with Crippen molar-refractivity contribution in [2.45, 2.75) is 19.1 Å². The van der Waals surface area contributed by atoms with E-state index in [-0.39, 0.29) is 11.5 Å². The molecular formula is C17H14ClF2NO4. The van der Waals surface area contributed by atoms with Crippen LogP contribution in [0.1, 0.15) is 5.56 Å². The van der Waals surface area contributed by atoms with Gasteiger partial charge in [0.25, 0.3) is 5.91 Å². The van der Waals surface area contributed by atoms with E-state index in [1.165, 1.54) is 25.3 Å². The van der Waals surface area contributed by atoms with Crippen molar-refractivity contribution in [1.82, 2.24) is 0 Å². The van der Waals surface area contributed by atoms with E-state index in [2.05, 4.69) is 10.1 Å². The summed E-state index contributed by atoms with van der Waals surface area (Å²) in [6.07, 6.45) is -0.354. The zero-order valence-corrected chi connectivity index (χ0v) is 13.8. The summed E-state index contributed by atoms with van der Waals surface area (Å²) >= 11 is 5.92. The number of hydrogen-bond donors (Lipinski definition) is 1. The molecule has 1 N–H and O–H groups in total. The second kappa shape index (κ2) is 7.14. The number of alkyl halides is 2. The molecule has 1 atom stereocenters. The predicted molar refractivity (Wildman–Crippen MR) is 87.8 cm³/mol. The van der Waals surface area contributed by atoms with E-state index in [0.717, 1.165) is 5.56 Å². The second-order valence-corrected chi connectivity index (χ2v) is 5.73. The van der Waals surface area contributed by atoms with E-state index in [0.29, 0.717) is 22.9 Å². The smallest absolute Gasteiger partial charge is 0.387 e. The normalized spacial score (nSPS) is 15.5. The van der Waals surface area contributed by atoms with E-state index in [1.807, 2.05) is 0 Å². The highest BCUT2D eigenvalue weighted by atomic mass is 35.5. The van der Waals surface area contributed by atoms with Gasteiger partial charge in [0.2, 0.25) is 0 Å². The van der Waals surface area contributed by atoms with Crippen LogP contribution in [0.4, 0.5) is 14.5 Å². The Morgan fingerprint density at radius 1 is 1.28 bits per heavy atom. The second-order valence-electron chi connectivity index (χ2n) is 5.30. The van der Waals surface area contributed by atoms with Crippen LogP contribution in [-0.2, 0) is 11.2 Å². The summed E-state index contributed by atoms with van der Waals surface area (Å²) in [5, 5.41) is 3.18. The lowest BCUT2D eigenvalue weighted by molar-refractivity contribution is -0.122. The molecule has 1 heterocycles. The number of fused-ring (bicyclic) bond motifs is 1. The number of carbonyl (C=O) groups is 1. The number of ether oxygens (including phenoxy) is 3. The van der Waals surface area contributed by atoms with Crippen molar-refractivity contribution in [3.05, 3.63) is 47.0 Å². The molecule has 0 saturated carbocycles. The van der Waals surface area contributed by atoms with Crippen LogP contribution < -0.4 is 19.5 Å². The quantitative estimate of drug-likeness (QED) is 0.868. The standard InChI is InChI=1S/C17H14ClF2NO4/c1-23-13-5-3-11(8-14(13)25-17(19)20)21-16(22)15-7-9-6-10(18)2-4-12(9)24-15/h2-6,8,15,17H,7H2,1H3,(H,21,22)/t15-/m0/s1. The van der Waals surface area contributed by atoms with Crippen molar-refractivity contribution in [3.63, 3.8) is 0 Å². The molecule has 2 aromatic carbocycles. The highest BCUT2D eigenvalue weighted by molar-refractivity contribution is 6.30. The Hall–Kier alpha value is -2.54. The van der Waals surface area contributed by atoms with Crippen LogP contribution in [0.15, 0.2) is 36.4 Å². The number of methoxy groups -OCH3 is 1. The van der Waals surface area contributed by atoms with Crippen molar-refractivity contribution in [1.29, 1.82) is 0 Å². The third-order valence-electron chi connectivity index (χ3n) is 3.64. The fourth-order valence-corrected chi connectivity index (χ4v) is 2.72. The third kappa shape index (κ3) is 3.93. The molecule has 0 spiro atoms. The number of nitrogens with one attached hydrogen (secondary N) is 1. The van der Waals surface area contributed by atoms with Gasteiger partial charge in [0.15, 0.2) is 17.6 Å². The van der Waals surface area contributed by atoms with Crippen LogP contribution in [-0.4, -0.2) is 25.7 Å².